The molecule has 4 rings (SSSR count). The van der Waals surface area contributed by atoms with E-state index in [1.165, 1.54) is 16.9 Å². The lowest BCUT2D eigenvalue weighted by molar-refractivity contribution is 0.0981. The maximum absolute atomic E-state index is 12.2. The summed E-state index contributed by atoms with van der Waals surface area (Å²) in [5.41, 5.74) is 4.08. The smallest absolute Gasteiger partial charge is 0.267 e. The van der Waals surface area contributed by atoms with Gasteiger partial charge in [0, 0.05) is 5.56 Å². The fourth-order valence-electron chi connectivity index (χ4n) is 3.09. The fourth-order valence-corrected chi connectivity index (χ4v) is 4.08. The molecule has 0 aliphatic heterocycles. The standard InChI is InChI=1S/C23H20ClN3O2S2/c1-3-13(2)14-7-9-19-18(11-14)25-22(29-19)15-6-8-16(24)17(12-15)26-23(30)27-21(28)20-5-4-10-31-20/h4-13H,3H2,1-2H3,(H2,26,27,28,30)/t13-/m0/s1. The number of thiophene rings is 1. The van der Waals surface area contributed by atoms with E-state index in [0.717, 1.165) is 23.1 Å². The Kier molecular flexibility index (Phi) is 6.36. The first-order valence-electron chi connectivity index (χ1n) is 9.81. The van der Waals surface area contributed by atoms with Gasteiger partial charge in [0.25, 0.3) is 5.91 Å². The molecule has 2 aromatic carbocycles. The van der Waals surface area contributed by atoms with Crippen LogP contribution < -0.4 is 10.6 Å². The summed E-state index contributed by atoms with van der Waals surface area (Å²) in [6.07, 6.45) is 1.06. The number of anilines is 1. The van der Waals surface area contributed by atoms with Gasteiger partial charge in [-0.2, -0.15) is 0 Å². The second kappa shape index (κ2) is 9.18. The van der Waals surface area contributed by atoms with Gasteiger partial charge in [0.15, 0.2) is 10.7 Å². The number of benzene rings is 2. The van der Waals surface area contributed by atoms with Crippen LogP contribution in [0.15, 0.2) is 58.3 Å². The zero-order valence-electron chi connectivity index (χ0n) is 16.9. The summed E-state index contributed by atoms with van der Waals surface area (Å²) in [4.78, 5) is 17.4. The van der Waals surface area contributed by atoms with Crippen molar-refractivity contribution in [1.82, 2.24) is 10.3 Å². The summed E-state index contributed by atoms with van der Waals surface area (Å²) in [6.45, 7) is 4.36. The number of hydrogen-bond donors (Lipinski definition) is 2. The van der Waals surface area contributed by atoms with Crippen molar-refractivity contribution in [2.75, 3.05) is 5.32 Å². The first-order chi connectivity index (χ1) is 14.9. The molecule has 31 heavy (non-hydrogen) atoms. The molecule has 0 spiro atoms. The van der Waals surface area contributed by atoms with Crippen molar-refractivity contribution in [1.29, 1.82) is 0 Å². The Labute approximate surface area is 194 Å². The van der Waals surface area contributed by atoms with E-state index in [9.17, 15) is 4.79 Å². The van der Waals surface area contributed by atoms with Crippen molar-refractivity contribution in [3.8, 4) is 11.5 Å². The monoisotopic (exact) mass is 469 g/mol. The molecular formula is C23H20ClN3O2S2. The lowest BCUT2D eigenvalue weighted by atomic mass is 9.98. The van der Waals surface area contributed by atoms with E-state index in [4.69, 9.17) is 28.2 Å². The number of thiocarbonyl (C=S) groups is 1. The van der Waals surface area contributed by atoms with Gasteiger partial charge in [-0.25, -0.2) is 4.98 Å². The highest BCUT2D eigenvalue weighted by atomic mass is 35.5. The Morgan fingerprint density at radius 1 is 1.26 bits per heavy atom. The Balaban J connectivity index is 1.56. The number of rotatable bonds is 5. The minimum absolute atomic E-state index is 0.160. The largest absolute Gasteiger partial charge is 0.436 e. The van der Waals surface area contributed by atoms with E-state index in [1.807, 2.05) is 23.6 Å². The fraction of sp³-hybridized carbons (Fsp3) is 0.174. The maximum Gasteiger partial charge on any atom is 0.267 e. The van der Waals surface area contributed by atoms with Gasteiger partial charge in [-0.15, -0.1) is 11.3 Å². The summed E-state index contributed by atoms with van der Waals surface area (Å²) in [6, 6.07) is 15.0. The summed E-state index contributed by atoms with van der Waals surface area (Å²) in [7, 11) is 0. The second-order valence-electron chi connectivity index (χ2n) is 7.14. The van der Waals surface area contributed by atoms with Gasteiger partial charge in [0.1, 0.15) is 5.52 Å². The van der Waals surface area contributed by atoms with Gasteiger partial charge < -0.3 is 9.73 Å². The van der Waals surface area contributed by atoms with Crippen molar-refractivity contribution >= 4 is 63.0 Å². The van der Waals surface area contributed by atoms with E-state index >= 15 is 0 Å². The highest BCUT2D eigenvalue weighted by Crippen LogP contribution is 2.31. The van der Waals surface area contributed by atoms with E-state index in [0.29, 0.717) is 27.4 Å². The molecule has 1 atom stereocenters. The number of hydrogen-bond acceptors (Lipinski definition) is 5. The van der Waals surface area contributed by atoms with Gasteiger partial charge in [0.2, 0.25) is 5.89 Å². The average molecular weight is 470 g/mol. The van der Waals surface area contributed by atoms with Gasteiger partial charge >= 0.3 is 0 Å². The molecule has 158 valence electrons. The Bertz CT molecular complexity index is 1250. The molecule has 0 aliphatic rings. The summed E-state index contributed by atoms with van der Waals surface area (Å²) < 4.78 is 5.95. The highest BCUT2D eigenvalue weighted by Gasteiger charge is 2.14. The Hall–Kier alpha value is -2.74. The van der Waals surface area contributed by atoms with Crippen LogP contribution >= 0.6 is 35.2 Å². The van der Waals surface area contributed by atoms with Crippen LogP contribution in [0, 0.1) is 0 Å². The zero-order valence-corrected chi connectivity index (χ0v) is 19.3. The predicted molar refractivity (Wildman–Crippen MR) is 131 cm³/mol. The number of aromatic nitrogens is 1. The molecule has 2 N–H and O–H groups in total. The van der Waals surface area contributed by atoms with Crippen molar-refractivity contribution < 1.29 is 9.21 Å². The number of amides is 1. The van der Waals surface area contributed by atoms with Crippen LogP contribution in [-0.2, 0) is 0 Å². The van der Waals surface area contributed by atoms with Crippen molar-refractivity contribution in [3.63, 3.8) is 0 Å². The topological polar surface area (TPSA) is 67.2 Å². The minimum atomic E-state index is -0.268. The quantitative estimate of drug-likeness (QED) is 0.313. The molecule has 0 unspecified atom stereocenters. The van der Waals surface area contributed by atoms with Crippen molar-refractivity contribution in [2.45, 2.75) is 26.2 Å². The number of carbonyl (C=O) groups excluding carboxylic acids is 1. The maximum atomic E-state index is 12.2. The number of fused-ring (bicyclic) bond motifs is 1. The normalized spacial score (nSPS) is 12.0. The average Bonchev–Trinajstić information content (AvgIpc) is 3.44. The minimum Gasteiger partial charge on any atom is -0.436 e. The van der Waals surface area contributed by atoms with Gasteiger partial charge in [-0.1, -0.05) is 37.6 Å². The molecule has 0 saturated carbocycles. The summed E-state index contributed by atoms with van der Waals surface area (Å²) in [5.74, 6) is 0.682. The molecule has 0 bridgehead atoms. The molecule has 0 saturated heterocycles. The first kappa shape index (κ1) is 21.5. The molecule has 8 heteroatoms. The zero-order chi connectivity index (χ0) is 22.0. The van der Waals surface area contributed by atoms with E-state index in [2.05, 4.69) is 41.6 Å². The number of oxazole rings is 1. The van der Waals surface area contributed by atoms with Crippen LogP contribution in [0.1, 0.15) is 41.4 Å². The molecule has 4 aromatic rings. The molecular weight excluding hydrogens is 450 g/mol. The SMILES string of the molecule is CC[C@H](C)c1ccc2oc(-c3ccc(Cl)c(NC(=S)NC(=O)c4cccs4)c3)nc2c1. The van der Waals surface area contributed by atoms with Crippen LogP contribution in [0.25, 0.3) is 22.6 Å². The Morgan fingerprint density at radius 3 is 2.84 bits per heavy atom. The molecule has 2 aromatic heterocycles. The number of carbonyl (C=O) groups is 1. The third-order valence-corrected chi connectivity index (χ3v) is 6.43. The van der Waals surface area contributed by atoms with Crippen LogP contribution in [0.5, 0.6) is 0 Å². The van der Waals surface area contributed by atoms with E-state index in [-0.39, 0.29) is 11.0 Å². The van der Waals surface area contributed by atoms with E-state index < -0.39 is 0 Å². The second-order valence-corrected chi connectivity index (χ2v) is 8.90. The highest BCUT2D eigenvalue weighted by molar-refractivity contribution is 7.80. The summed E-state index contributed by atoms with van der Waals surface area (Å²) >= 11 is 12.9. The number of nitrogens with zero attached hydrogens (tertiary/aromatic N) is 1. The van der Waals surface area contributed by atoms with E-state index in [1.54, 1.807) is 18.2 Å². The molecule has 1 amide bonds. The van der Waals surface area contributed by atoms with Crippen molar-refractivity contribution in [3.05, 3.63) is 69.4 Å². The third-order valence-electron chi connectivity index (χ3n) is 5.03. The van der Waals surface area contributed by atoms with Gasteiger partial charge in [-0.05, 0) is 71.9 Å². The Morgan fingerprint density at radius 2 is 2.10 bits per heavy atom. The van der Waals surface area contributed by atoms with Crippen LogP contribution in [0.3, 0.4) is 0 Å². The van der Waals surface area contributed by atoms with Crippen LogP contribution in [0.2, 0.25) is 5.02 Å². The van der Waals surface area contributed by atoms with Gasteiger partial charge in [-0.3, -0.25) is 10.1 Å². The molecule has 0 radical (unpaired) electrons. The molecule has 0 fully saturated rings. The third kappa shape index (κ3) is 4.79. The van der Waals surface area contributed by atoms with Gasteiger partial charge in [0.05, 0.1) is 15.6 Å². The summed E-state index contributed by atoms with van der Waals surface area (Å²) in [5, 5.41) is 8.09. The lowest BCUT2D eigenvalue weighted by Crippen LogP contribution is -2.33. The van der Waals surface area contributed by atoms with Crippen LogP contribution in [-0.4, -0.2) is 16.0 Å². The molecule has 2 heterocycles. The number of halogens is 1. The molecule has 5 nitrogen and oxygen atoms in total. The first-order valence-corrected chi connectivity index (χ1v) is 11.5. The number of nitrogens with one attached hydrogen (secondary N) is 2. The molecule has 0 aliphatic carbocycles. The van der Waals surface area contributed by atoms with Crippen LogP contribution in [0.4, 0.5) is 5.69 Å². The predicted octanol–water partition coefficient (Wildman–Crippen LogP) is 6.85. The lowest BCUT2D eigenvalue weighted by Gasteiger charge is -2.11. The van der Waals surface area contributed by atoms with Crippen molar-refractivity contribution in [2.24, 2.45) is 0 Å².